The average Bonchev–Trinajstić information content (AvgIpc) is 2.52. The van der Waals surface area contributed by atoms with Crippen LogP contribution in [0.4, 0.5) is 0 Å². The number of nitrogens with one attached hydrogen (secondary N) is 1. The highest BCUT2D eigenvalue weighted by atomic mass is 35.5. The van der Waals surface area contributed by atoms with Gasteiger partial charge in [-0.1, -0.05) is 17.7 Å². The third-order valence-corrected chi connectivity index (χ3v) is 4.87. The predicted molar refractivity (Wildman–Crippen MR) is 93.7 cm³/mol. The van der Waals surface area contributed by atoms with Crippen LogP contribution in [0.1, 0.15) is 26.2 Å². The zero-order chi connectivity index (χ0) is 17.7. The molecule has 1 N–H and O–H groups in total. The Kier molecular flexibility index (Phi) is 6.48. The molecule has 0 bridgehead atoms. The SMILES string of the molecule is CC(Oc1cccc(Cl)c1)C(=O)N1CCCCC1CNS(C)(=O)=O. The van der Waals surface area contributed by atoms with Crippen molar-refractivity contribution in [2.24, 2.45) is 0 Å². The zero-order valence-corrected chi connectivity index (χ0v) is 15.4. The van der Waals surface area contributed by atoms with Crippen molar-refractivity contribution in [2.75, 3.05) is 19.3 Å². The first kappa shape index (κ1) is 19.0. The van der Waals surface area contributed by atoms with Crippen LogP contribution in [0.5, 0.6) is 5.75 Å². The second-order valence-electron chi connectivity index (χ2n) is 6.02. The molecule has 0 radical (unpaired) electrons. The molecule has 0 saturated carbocycles. The van der Waals surface area contributed by atoms with Gasteiger partial charge >= 0.3 is 0 Å². The van der Waals surface area contributed by atoms with E-state index >= 15 is 0 Å². The molecule has 1 saturated heterocycles. The summed E-state index contributed by atoms with van der Waals surface area (Å²) in [6, 6.07) is 6.75. The van der Waals surface area contributed by atoms with E-state index in [0.717, 1.165) is 25.5 Å². The number of carbonyl (C=O) groups is 1. The maximum atomic E-state index is 12.7. The van der Waals surface area contributed by atoms with Crippen LogP contribution < -0.4 is 9.46 Å². The van der Waals surface area contributed by atoms with E-state index in [1.807, 2.05) is 0 Å². The smallest absolute Gasteiger partial charge is 0.263 e. The minimum Gasteiger partial charge on any atom is -0.481 e. The van der Waals surface area contributed by atoms with Gasteiger partial charge in [0.05, 0.1) is 6.26 Å². The van der Waals surface area contributed by atoms with E-state index in [4.69, 9.17) is 16.3 Å². The van der Waals surface area contributed by atoms with E-state index in [-0.39, 0.29) is 18.5 Å². The molecule has 1 aromatic carbocycles. The number of benzene rings is 1. The molecule has 0 aromatic heterocycles. The lowest BCUT2D eigenvalue weighted by molar-refractivity contribution is -0.141. The van der Waals surface area contributed by atoms with Gasteiger partial charge in [-0.05, 0) is 44.4 Å². The third kappa shape index (κ3) is 5.65. The first-order valence-electron chi connectivity index (χ1n) is 7.93. The molecule has 1 fully saturated rings. The molecular formula is C16H23ClN2O4S. The van der Waals surface area contributed by atoms with Crippen LogP contribution in [-0.4, -0.2) is 50.7 Å². The van der Waals surface area contributed by atoms with E-state index < -0.39 is 16.1 Å². The Hall–Kier alpha value is -1.31. The number of carbonyl (C=O) groups excluding carboxylic acids is 1. The summed E-state index contributed by atoms with van der Waals surface area (Å²) in [4.78, 5) is 14.4. The van der Waals surface area contributed by atoms with Crippen LogP contribution in [0, 0.1) is 0 Å². The Morgan fingerprint density at radius 1 is 1.46 bits per heavy atom. The van der Waals surface area contributed by atoms with Crippen molar-refractivity contribution in [2.45, 2.75) is 38.3 Å². The van der Waals surface area contributed by atoms with Gasteiger partial charge in [0.25, 0.3) is 5.91 Å². The Morgan fingerprint density at radius 2 is 2.21 bits per heavy atom. The summed E-state index contributed by atoms with van der Waals surface area (Å²) < 4.78 is 30.8. The molecule has 8 heteroatoms. The van der Waals surface area contributed by atoms with Crippen molar-refractivity contribution in [3.05, 3.63) is 29.3 Å². The molecule has 0 spiro atoms. The molecule has 1 aliphatic rings. The number of ether oxygens (including phenoxy) is 1. The van der Waals surface area contributed by atoms with Gasteiger partial charge in [0.1, 0.15) is 5.75 Å². The van der Waals surface area contributed by atoms with Crippen molar-refractivity contribution in [3.8, 4) is 5.75 Å². The zero-order valence-electron chi connectivity index (χ0n) is 13.9. The minimum atomic E-state index is -3.28. The van der Waals surface area contributed by atoms with Gasteiger partial charge < -0.3 is 9.64 Å². The normalized spacial score (nSPS) is 19.8. The number of halogens is 1. The van der Waals surface area contributed by atoms with Crippen molar-refractivity contribution in [1.82, 2.24) is 9.62 Å². The van der Waals surface area contributed by atoms with Crippen molar-refractivity contribution < 1.29 is 17.9 Å². The lowest BCUT2D eigenvalue weighted by Crippen LogP contribution is -2.52. The van der Waals surface area contributed by atoms with Gasteiger partial charge in [0.2, 0.25) is 10.0 Å². The van der Waals surface area contributed by atoms with Gasteiger partial charge in [0, 0.05) is 24.2 Å². The van der Waals surface area contributed by atoms with Gasteiger partial charge in [0.15, 0.2) is 6.10 Å². The molecule has 1 aromatic rings. The number of rotatable bonds is 6. The Morgan fingerprint density at radius 3 is 2.88 bits per heavy atom. The van der Waals surface area contributed by atoms with Gasteiger partial charge in [-0.15, -0.1) is 0 Å². The third-order valence-electron chi connectivity index (χ3n) is 3.95. The lowest BCUT2D eigenvalue weighted by Gasteiger charge is -2.37. The molecule has 1 amide bonds. The standard InChI is InChI=1S/C16H23ClN2O4S/c1-12(23-15-8-5-6-13(17)10-15)16(20)19-9-4-3-7-14(19)11-18-24(2,21)22/h5-6,8,10,12,14,18H,3-4,7,9,11H2,1-2H3. The molecule has 0 aliphatic carbocycles. The molecule has 2 unspecified atom stereocenters. The first-order chi connectivity index (χ1) is 11.3. The fourth-order valence-corrected chi connectivity index (χ4v) is 3.45. The molecule has 2 atom stereocenters. The second kappa shape index (κ2) is 8.18. The number of likely N-dealkylation sites (tertiary alicyclic amines) is 1. The summed E-state index contributed by atoms with van der Waals surface area (Å²) in [7, 11) is -3.28. The van der Waals surface area contributed by atoms with Crippen LogP contribution in [0.15, 0.2) is 24.3 Å². The summed E-state index contributed by atoms with van der Waals surface area (Å²) in [6.45, 7) is 2.53. The number of hydrogen-bond donors (Lipinski definition) is 1. The van der Waals surface area contributed by atoms with Gasteiger partial charge in [-0.25, -0.2) is 13.1 Å². The molecule has 24 heavy (non-hydrogen) atoms. The summed E-state index contributed by atoms with van der Waals surface area (Å²) >= 11 is 5.92. The highest BCUT2D eigenvalue weighted by Crippen LogP contribution is 2.21. The first-order valence-corrected chi connectivity index (χ1v) is 10.2. The van der Waals surface area contributed by atoms with Crippen LogP contribution in [-0.2, 0) is 14.8 Å². The summed E-state index contributed by atoms with van der Waals surface area (Å²) in [5.41, 5.74) is 0. The second-order valence-corrected chi connectivity index (χ2v) is 8.29. The van der Waals surface area contributed by atoms with Crippen LogP contribution in [0.25, 0.3) is 0 Å². The number of amides is 1. The molecule has 2 rings (SSSR count). The van der Waals surface area contributed by atoms with Gasteiger partial charge in [-0.3, -0.25) is 4.79 Å². The molecular weight excluding hydrogens is 352 g/mol. The molecule has 1 heterocycles. The summed E-state index contributed by atoms with van der Waals surface area (Å²) in [5, 5.41) is 0.542. The number of piperidine rings is 1. The molecule has 6 nitrogen and oxygen atoms in total. The number of hydrogen-bond acceptors (Lipinski definition) is 4. The Labute approximate surface area is 148 Å². The maximum Gasteiger partial charge on any atom is 0.263 e. The summed E-state index contributed by atoms with van der Waals surface area (Å²) in [6.07, 6.45) is 3.11. The van der Waals surface area contributed by atoms with Crippen LogP contribution >= 0.6 is 11.6 Å². The van der Waals surface area contributed by atoms with Crippen molar-refractivity contribution >= 4 is 27.5 Å². The molecule has 134 valence electrons. The van der Waals surface area contributed by atoms with E-state index in [9.17, 15) is 13.2 Å². The average molecular weight is 375 g/mol. The molecule has 1 aliphatic heterocycles. The number of sulfonamides is 1. The van der Waals surface area contributed by atoms with E-state index in [1.54, 1.807) is 36.1 Å². The highest BCUT2D eigenvalue weighted by Gasteiger charge is 2.31. The predicted octanol–water partition coefficient (Wildman–Crippen LogP) is 2.04. The van der Waals surface area contributed by atoms with Crippen LogP contribution in [0.2, 0.25) is 5.02 Å². The van der Waals surface area contributed by atoms with E-state index in [0.29, 0.717) is 17.3 Å². The maximum absolute atomic E-state index is 12.7. The van der Waals surface area contributed by atoms with E-state index in [1.165, 1.54) is 0 Å². The van der Waals surface area contributed by atoms with Crippen molar-refractivity contribution in [3.63, 3.8) is 0 Å². The largest absolute Gasteiger partial charge is 0.481 e. The minimum absolute atomic E-state index is 0.144. The Bertz CT molecular complexity index is 680. The Balaban J connectivity index is 2.01. The number of nitrogens with zero attached hydrogens (tertiary/aromatic N) is 1. The highest BCUT2D eigenvalue weighted by molar-refractivity contribution is 7.88. The quantitative estimate of drug-likeness (QED) is 0.826. The fourth-order valence-electron chi connectivity index (χ4n) is 2.78. The van der Waals surface area contributed by atoms with E-state index in [2.05, 4.69) is 4.72 Å². The van der Waals surface area contributed by atoms with Crippen LogP contribution in [0.3, 0.4) is 0 Å². The monoisotopic (exact) mass is 374 g/mol. The topological polar surface area (TPSA) is 75.7 Å². The van der Waals surface area contributed by atoms with Crippen molar-refractivity contribution in [1.29, 1.82) is 0 Å². The van der Waals surface area contributed by atoms with Gasteiger partial charge in [-0.2, -0.15) is 0 Å². The summed E-state index contributed by atoms with van der Waals surface area (Å²) in [5.74, 6) is 0.390. The lowest BCUT2D eigenvalue weighted by atomic mass is 10.0. The fraction of sp³-hybridized carbons (Fsp3) is 0.562.